The van der Waals surface area contributed by atoms with Gasteiger partial charge in [0.15, 0.2) is 0 Å². The Bertz CT molecular complexity index is 729. The first-order chi connectivity index (χ1) is 12.1. The number of amides is 1. The van der Waals surface area contributed by atoms with Crippen LogP contribution in [0.1, 0.15) is 33.2 Å². The van der Waals surface area contributed by atoms with Crippen molar-refractivity contribution in [2.45, 2.75) is 19.5 Å². The number of benzene rings is 1. The van der Waals surface area contributed by atoms with Gasteiger partial charge in [0, 0.05) is 56.7 Å². The molecule has 25 heavy (non-hydrogen) atoms. The number of hydrogen-bond donors (Lipinski definition) is 1. The fraction of sp³-hybridized carbons (Fsp3) is 0.400. The highest BCUT2D eigenvalue weighted by Gasteiger charge is 2.26. The summed E-state index contributed by atoms with van der Waals surface area (Å²) in [6, 6.07) is 12.5. The number of carbonyl (C=O) groups excluding carboxylic acids is 1. The summed E-state index contributed by atoms with van der Waals surface area (Å²) in [5.74, 6) is -0.0390. The number of hydrogen-bond acceptors (Lipinski definition) is 4. The van der Waals surface area contributed by atoms with Crippen molar-refractivity contribution in [3.63, 3.8) is 0 Å². The lowest BCUT2D eigenvalue weighted by atomic mass is 10.00. The van der Waals surface area contributed by atoms with E-state index >= 15 is 0 Å². The minimum absolute atomic E-state index is 0.0390. The monoisotopic (exact) mass is 338 g/mol. The van der Waals surface area contributed by atoms with Gasteiger partial charge < -0.3 is 5.32 Å². The smallest absolute Gasteiger partial charge is 0.251 e. The number of carbonyl (C=O) groups is 1. The van der Waals surface area contributed by atoms with Crippen LogP contribution in [-0.2, 0) is 6.54 Å². The van der Waals surface area contributed by atoms with Crippen molar-refractivity contribution in [1.82, 2.24) is 20.1 Å². The van der Waals surface area contributed by atoms with Crippen LogP contribution in [0.4, 0.5) is 0 Å². The first kappa shape index (κ1) is 17.6. The normalized spacial score (nSPS) is 18.9. The first-order valence-corrected chi connectivity index (χ1v) is 8.73. The summed E-state index contributed by atoms with van der Waals surface area (Å²) in [7, 11) is 3.82. The van der Waals surface area contributed by atoms with E-state index in [0.717, 1.165) is 31.9 Å². The fourth-order valence-corrected chi connectivity index (χ4v) is 3.32. The summed E-state index contributed by atoms with van der Waals surface area (Å²) in [5.41, 5.74) is 4.20. The second-order valence-corrected chi connectivity index (χ2v) is 6.74. The Labute approximate surface area is 149 Å². The minimum Gasteiger partial charge on any atom is -0.355 e. The second kappa shape index (κ2) is 7.76. The standard InChI is InChI=1S/C20H26N4O/c1-15-7-8-16(12-22-15)13-24-10-9-23(3)19(14-24)17-5-4-6-18(11-17)20(25)21-2/h4-8,11-12,19H,9-10,13-14H2,1-3H3,(H,21,25). The Morgan fingerprint density at radius 1 is 1.28 bits per heavy atom. The molecule has 0 spiro atoms. The summed E-state index contributed by atoms with van der Waals surface area (Å²) in [6.45, 7) is 5.91. The Hall–Kier alpha value is -2.24. The lowest BCUT2D eigenvalue weighted by Gasteiger charge is -2.39. The molecule has 3 rings (SSSR count). The van der Waals surface area contributed by atoms with Crippen molar-refractivity contribution in [3.8, 4) is 0 Å². The van der Waals surface area contributed by atoms with Gasteiger partial charge in [-0.1, -0.05) is 18.2 Å². The summed E-state index contributed by atoms with van der Waals surface area (Å²) in [6.07, 6.45) is 1.97. The first-order valence-electron chi connectivity index (χ1n) is 8.73. The molecule has 1 aliphatic heterocycles. The molecule has 1 unspecified atom stereocenters. The molecule has 2 aromatic rings. The molecule has 0 aliphatic carbocycles. The molecule has 0 radical (unpaired) electrons. The van der Waals surface area contributed by atoms with Crippen molar-refractivity contribution >= 4 is 5.91 Å². The largest absolute Gasteiger partial charge is 0.355 e. The topological polar surface area (TPSA) is 48.5 Å². The Balaban J connectivity index is 1.74. The van der Waals surface area contributed by atoms with Crippen LogP contribution in [0.3, 0.4) is 0 Å². The number of likely N-dealkylation sites (N-methyl/N-ethyl adjacent to an activating group) is 1. The van der Waals surface area contributed by atoms with Gasteiger partial charge in [-0.3, -0.25) is 19.6 Å². The summed E-state index contributed by atoms with van der Waals surface area (Å²) >= 11 is 0. The van der Waals surface area contributed by atoms with Crippen molar-refractivity contribution < 1.29 is 4.79 Å². The van der Waals surface area contributed by atoms with E-state index in [-0.39, 0.29) is 11.9 Å². The van der Waals surface area contributed by atoms with E-state index in [1.165, 1.54) is 11.1 Å². The van der Waals surface area contributed by atoms with Crippen LogP contribution >= 0.6 is 0 Å². The summed E-state index contributed by atoms with van der Waals surface area (Å²) in [5, 5.41) is 2.70. The highest BCUT2D eigenvalue weighted by atomic mass is 16.1. The fourth-order valence-electron chi connectivity index (χ4n) is 3.32. The number of rotatable bonds is 4. The van der Waals surface area contributed by atoms with Crippen LogP contribution in [0.5, 0.6) is 0 Å². The summed E-state index contributed by atoms with van der Waals surface area (Å²) in [4.78, 5) is 21.1. The average Bonchev–Trinajstić information content (AvgIpc) is 2.64. The van der Waals surface area contributed by atoms with E-state index in [4.69, 9.17) is 0 Å². The third kappa shape index (κ3) is 4.24. The molecule has 1 fully saturated rings. The van der Waals surface area contributed by atoms with Gasteiger partial charge in [0.1, 0.15) is 0 Å². The highest BCUT2D eigenvalue weighted by molar-refractivity contribution is 5.94. The second-order valence-electron chi connectivity index (χ2n) is 6.74. The van der Waals surface area contributed by atoms with Gasteiger partial charge in [-0.05, 0) is 43.3 Å². The maximum atomic E-state index is 11.9. The predicted octanol–water partition coefficient (Wildman–Crippen LogP) is 2.24. The Morgan fingerprint density at radius 2 is 2.12 bits per heavy atom. The van der Waals surface area contributed by atoms with Gasteiger partial charge in [0.05, 0.1) is 0 Å². The van der Waals surface area contributed by atoms with Gasteiger partial charge in [-0.25, -0.2) is 0 Å². The number of piperazine rings is 1. The SMILES string of the molecule is CNC(=O)c1cccc(C2CN(Cc3ccc(C)nc3)CCN2C)c1. The van der Waals surface area contributed by atoms with Crippen molar-refractivity contribution in [2.75, 3.05) is 33.7 Å². The van der Waals surface area contributed by atoms with E-state index in [1.807, 2.05) is 31.3 Å². The zero-order valence-electron chi connectivity index (χ0n) is 15.2. The number of nitrogens with zero attached hydrogens (tertiary/aromatic N) is 3. The van der Waals surface area contributed by atoms with Gasteiger partial charge >= 0.3 is 0 Å². The highest BCUT2D eigenvalue weighted by Crippen LogP contribution is 2.25. The molecule has 132 valence electrons. The Morgan fingerprint density at radius 3 is 2.84 bits per heavy atom. The quantitative estimate of drug-likeness (QED) is 0.929. The van der Waals surface area contributed by atoms with E-state index in [2.05, 4.69) is 45.3 Å². The number of aromatic nitrogens is 1. The number of nitrogens with one attached hydrogen (secondary N) is 1. The average molecular weight is 338 g/mol. The molecule has 1 N–H and O–H groups in total. The predicted molar refractivity (Wildman–Crippen MR) is 99.5 cm³/mol. The molecule has 5 heteroatoms. The molecule has 0 bridgehead atoms. The zero-order valence-corrected chi connectivity index (χ0v) is 15.2. The maximum absolute atomic E-state index is 11.9. The lowest BCUT2D eigenvalue weighted by molar-refractivity contribution is 0.0900. The molecule has 1 amide bonds. The molecule has 1 atom stereocenters. The maximum Gasteiger partial charge on any atom is 0.251 e. The lowest BCUT2D eigenvalue weighted by Crippen LogP contribution is -2.46. The van der Waals surface area contributed by atoms with Crippen molar-refractivity contribution in [3.05, 3.63) is 65.0 Å². The van der Waals surface area contributed by atoms with Gasteiger partial charge in [-0.2, -0.15) is 0 Å². The number of aryl methyl sites for hydroxylation is 1. The van der Waals surface area contributed by atoms with Gasteiger partial charge in [0.25, 0.3) is 5.91 Å². The third-order valence-corrected chi connectivity index (χ3v) is 4.87. The van der Waals surface area contributed by atoms with Crippen LogP contribution in [-0.4, -0.2) is 54.4 Å². The van der Waals surface area contributed by atoms with E-state index in [0.29, 0.717) is 5.56 Å². The third-order valence-electron chi connectivity index (χ3n) is 4.87. The molecule has 0 saturated carbocycles. The van der Waals surface area contributed by atoms with Crippen molar-refractivity contribution in [1.29, 1.82) is 0 Å². The molecule has 5 nitrogen and oxygen atoms in total. The molecule has 1 aliphatic rings. The van der Waals surface area contributed by atoms with Crippen LogP contribution in [0, 0.1) is 6.92 Å². The molecular formula is C20H26N4O. The van der Waals surface area contributed by atoms with E-state index in [1.54, 1.807) is 7.05 Å². The van der Waals surface area contributed by atoms with E-state index in [9.17, 15) is 4.79 Å². The van der Waals surface area contributed by atoms with Crippen LogP contribution < -0.4 is 5.32 Å². The molecule has 1 saturated heterocycles. The van der Waals surface area contributed by atoms with Crippen LogP contribution in [0.25, 0.3) is 0 Å². The van der Waals surface area contributed by atoms with Crippen LogP contribution in [0.15, 0.2) is 42.6 Å². The zero-order chi connectivity index (χ0) is 17.8. The Kier molecular flexibility index (Phi) is 5.46. The molecule has 1 aromatic heterocycles. The molecular weight excluding hydrogens is 312 g/mol. The minimum atomic E-state index is -0.0390. The van der Waals surface area contributed by atoms with E-state index < -0.39 is 0 Å². The van der Waals surface area contributed by atoms with Crippen molar-refractivity contribution in [2.24, 2.45) is 0 Å². The van der Waals surface area contributed by atoms with Gasteiger partial charge in [-0.15, -0.1) is 0 Å². The molecule has 2 heterocycles. The van der Waals surface area contributed by atoms with Gasteiger partial charge in [0.2, 0.25) is 0 Å². The summed E-state index contributed by atoms with van der Waals surface area (Å²) < 4.78 is 0. The molecule has 1 aromatic carbocycles. The number of pyridine rings is 1. The van der Waals surface area contributed by atoms with Crippen LogP contribution in [0.2, 0.25) is 0 Å².